The van der Waals surface area contributed by atoms with Gasteiger partial charge in [0.05, 0.1) is 6.54 Å². The lowest BCUT2D eigenvalue weighted by Crippen LogP contribution is -2.32. The number of hydrogen-bond donors (Lipinski definition) is 2. The minimum absolute atomic E-state index is 0.0435. The molecule has 15 heavy (non-hydrogen) atoms. The van der Waals surface area contributed by atoms with Crippen LogP contribution in [0.25, 0.3) is 0 Å². The lowest BCUT2D eigenvalue weighted by Gasteiger charge is -2.13. The summed E-state index contributed by atoms with van der Waals surface area (Å²) in [5.41, 5.74) is 0.832. The van der Waals surface area contributed by atoms with Gasteiger partial charge in [0.15, 0.2) is 0 Å². The van der Waals surface area contributed by atoms with Crippen LogP contribution in [0.4, 0.5) is 4.39 Å². The van der Waals surface area contributed by atoms with Crippen molar-refractivity contribution in [2.75, 3.05) is 13.6 Å². The average Bonchev–Trinajstić information content (AvgIpc) is 2.25. The molecule has 0 saturated heterocycles. The highest BCUT2D eigenvalue weighted by atomic mass is 19.1. The zero-order valence-electron chi connectivity index (χ0n) is 8.88. The van der Waals surface area contributed by atoms with Gasteiger partial charge in [0.25, 0.3) is 0 Å². The second kappa shape index (κ2) is 5.46. The van der Waals surface area contributed by atoms with Gasteiger partial charge >= 0.3 is 0 Å². The Morgan fingerprint density at radius 1 is 1.53 bits per heavy atom. The van der Waals surface area contributed by atoms with E-state index in [1.54, 1.807) is 13.1 Å². The topological polar surface area (TPSA) is 41.1 Å². The Labute approximate surface area is 88.7 Å². The van der Waals surface area contributed by atoms with E-state index in [0.29, 0.717) is 0 Å². The van der Waals surface area contributed by atoms with Crippen LogP contribution in [0.2, 0.25) is 0 Å². The Kier molecular flexibility index (Phi) is 4.24. The minimum atomic E-state index is -0.263. The summed E-state index contributed by atoms with van der Waals surface area (Å²) >= 11 is 0. The number of halogens is 1. The largest absolute Gasteiger partial charge is 0.358 e. The molecule has 0 bridgehead atoms. The number of hydrogen-bond acceptors (Lipinski definition) is 2. The van der Waals surface area contributed by atoms with Gasteiger partial charge in [-0.1, -0.05) is 12.1 Å². The van der Waals surface area contributed by atoms with Crippen LogP contribution in [-0.2, 0) is 4.79 Å². The fourth-order valence-corrected chi connectivity index (χ4v) is 1.23. The molecule has 0 aliphatic carbocycles. The zero-order valence-corrected chi connectivity index (χ0v) is 8.88. The van der Waals surface area contributed by atoms with E-state index < -0.39 is 0 Å². The number of rotatable bonds is 4. The number of amides is 1. The molecule has 0 radical (unpaired) electrons. The zero-order chi connectivity index (χ0) is 11.3. The molecule has 0 heterocycles. The first kappa shape index (κ1) is 11.7. The van der Waals surface area contributed by atoms with Crippen molar-refractivity contribution in [3.63, 3.8) is 0 Å². The third-order valence-corrected chi connectivity index (χ3v) is 2.20. The maximum atomic E-state index is 12.9. The normalized spacial score (nSPS) is 12.2. The predicted octanol–water partition coefficient (Wildman–Crippen LogP) is 1.22. The molecule has 0 fully saturated rings. The summed E-state index contributed by atoms with van der Waals surface area (Å²) in [6, 6.07) is 6.29. The molecule has 1 amide bonds. The molecular formula is C11H15FN2O. The fraction of sp³-hybridized carbons (Fsp3) is 0.364. The third-order valence-electron chi connectivity index (χ3n) is 2.20. The Balaban J connectivity index is 2.53. The molecule has 1 unspecified atom stereocenters. The third kappa shape index (κ3) is 3.67. The van der Waals surface area contributed by atoms with Crippen molar-refractivity contribution in [2.24, 2.45) is 0 Å². The highest BCUT2D eigenvalue weighted by Crippen LogP contribution is 2.12. The molecule has 1 atom stereocenters. The average molecular weight is 210 g/mol. The van der Waals surface area contributed by atoms with Gasteiger partial charge in [0.1, 0.15) is 5.82 Å². The summed E-state index contributed by atoms with van der Waals surface area (Å²) in [5, 5.41) is 5.51. The summed E-state index contributed by atoms with van der Waals surface area (Å²) < 4.78 is 12.9. The van der Waals surface area contributed by atoms with Gasteiger partial charge in [0, 0.05) is 13.1 Å². The molecule has 4 heteroatoms. The van der Waals surface area contributed by atoms with Gasteiger partial charge in [0.2, 0.25) is 5.91 Å². The second-order valence-corrected chi connectivity index (χ2v) is 3.33. The Morgan fingerprint density at radius 3 is 2.87 bits per heavy atom. The van der Waals surface area contributed by atoms with Crippen molar-refractivity contribution in [1.82, 2.24) is 10.6 Å². The van der Waals surface area contributed by atoms with Crippen molar-refractivity contribution >= 4 is 5.91 Å². The van der Waals surface area contributed by atoms with Crippen molar-refractivity contribution in [3.8, 4) is 0 Å². The smallest absolute Gasteiger partial charge is 0.233 e. The van der Waals surface area contributed by atoms with Gasteiger partial charge in [-0.15, -0.1) is 0 Å². The number of carbonyl (C=O) groups excluding carboxylic acids is 1. The molecule has 0 aliphatic rings. The second-order valence-electron chi connectivity index (χ2n) is 3.33. The number of likely N-dealkylation sites (N-methyl/N-ethyl adjacent to an activating group) is 1. The lowest BCUT2D eigenvalue weighted by molar-refractivity contribution is -0.119. The minimum Gasteiger partial charge on any atom is -0.358 e. The SMILES string of the molecule is CNC(=O)CNC(C)c1cccc(F)c1. The first-order chi connectivity index (χ1) is 7.13. The Bertz CT molecular complexity index is 341. The standard InChI is InChI=1S/C11H15FN2O/c1-8(14-7-11(15)13-2)9-4-3-5-10(12)6-9/h3-6,8,14H,7H2,1-2H3,(H,13,15). The van der Waals surface area contributed by atoms with E-state index >= 15 is 0 Å². The molecule has 1 aromatic carbocycles. The van der Waals surface area contributed by atoms with Gasteiger partial charge in [-0.2, -0.15) is 0 Å². The number of nitrogens with one attached hydrogen (secondary N) is 2. The van der Waals surface area contributed by atoms with Gasteiger partial charge in [-0.3, -0.25) is 4.79 Å². The van der Waals surface area contributed by atoms with E-state index in [4.69, 9.17) is 0 Å². The lowest BCUT2D eigenvalue weighted by atomic mass is 10.1. The first-order valence-electron chi connectivity index (χ1n) is 4.83. The van der Waals surface area contributed by atoms with Crippen LogP contribution in [0, 0.1) is 5.82 Å². The summed E-state index contributed by atoms with van der Waals surface area (Å²) in [7, 11) is 1.58. The van der Waals surface area contributed by atoms with Gasteiger partial charge < -0.3 is 10.6 Å². The van der Waals surface area contributed by atoms with Crippen LogP contribution < -0.4 is 10.6 Å². The highest BCUT2D eigenvalue weighted by Gasteiger charge is 2.06. The van der Waals surface area contributed by atoms with Gasteiger partial charge in [-0.05, 0) is 24.6 Å². The van der Waals surface area contributed by atoms with Gasteiger partial charge in [-0.25, -0.2) is 4.39 Å². The van der Waals surface area contributed by atoms with Crippen molar-refractivity contribution in [3.05, 3.63) is 35.6 Å². The predicted molar refractivity (Wildman–Crippen MR) is 56.9 cm³/mol. The van der Waals surface area contributed by atoms with Crippen LogP contribution >= 0.6 is 0 Å². The van der Waals surface area contributed by atoms with E-state index in [0.717, 1.165) is 5.56 Å². The van der Waals surface area contributed by atoms with E-state index in [-0.39, 0.29) is 24.3 Å². The molecule has 0 aliphatic heterocycles. The fourth-order valence-electron chi connectivity index (χ4n) is 1.23. The van der Waals surface area contributed by atoms with Crippen LogP contribution in [0.3, 0.4) is 0 Å². The maximum absolute atomic E-state index is 12.9. The van der Waals surface area contributed by atoms with E-state index in [2.05, 4.69) is 10.6 Å². The molecule has 1 aromatic rings. The van der Waals surface area contributed by atoms with E-state index in [9.17, 15) is 9.18 Å². The van der Waals surface area contributed by atoms with Crippen molar-refractivity contribution < 1.29 is 9.18 Å². The van der Waals surface area contributed by atoms with Crippen LogP contribution in [0.5, 0.6) is 0 Å². The van der Waals surface area contributed by atoms with Crippen molar-refractivity contribution in [1.29, 1.82) is 0 Å². The summed E-state index contributed by atoms with van der Waals surface area (Å²) in [6.45, 7) is 2.12. The molecule has 0 aromatic heterocycles. The van der Waals surface area contributed by atoms with Crippen molar-refractivity contribution in [2.45, 2.75) is 13.0 Å². The summed E-state index contributed by atoms with van der Waals surface area (Å²) in [6.07, 6.45) is 0. The van der Waals surface area contributed by atoms with E-state index in [1.807, 2.05) is 13.0 Å². The van der Waals surface area contributed by atoms with Crippen LogP contribution in [-0.4, -0.2) is 19.5 Å². The number of benzene rings is 1. The maximum Gasteiger partial charge on any atom is 0.233 e. The van der Waals surface area contributed by atoms with Crippen LogP contribution in [0.1, 0.15) is 18.5 Å². The highest BCUT2D eigenvalue weighted by molar-refractivity contribution is 5.77. The summed E-state index contributed by atoms with van der Waals surface area (Å²) in [4.78, 5) is 11.0. The Hall–Kier alpha value is -1.42. The van der Waals surface area contributed by atoms with E-state index in [1.165, 1.54) is 12.1 Å². The molecule has 82 valence electrons. The molecular weight excluding hydrogens is 195 g/mol. The summed E-state index contributed by atoms with van der Waals surface area (Å²) in [5.74, 6) is -0.348. The molecule has 1 rings (SSSR count). The quantitative estimate of drug-likeness (QED) is 0.784. The Morgan fingerprint density at radius 2 is 2.27 bits per heavy atom. The molecule has 2 N–H and O–H groups in total. The van der Waals surface area contributed by atoms with Crippen LogP contribution in [0.15, 0.2) is 24.3 Å². The first-order valence-corrected chi connectivity index (χ1v) is 4.83. The number of carbonyl (C=O) groups is 1. The molecule has 0 saturated carbocycles. The molecule has 3 nitrogen and oxygen atoms in total. The molecule has 0 spiro atoms. The monoisotopic (exact) mass is 210 g/mol.